The summed E-state index contributed by atoms with van der Waals surface area (Å²) in [6, 6.07) is 11.9. The SMILES string of the molecule is CCCCCCCCCCCCc1ccccc1S(=O)(=O)[O][Ti](=[O])([O]S(=O)(=O)c1ccccc1CCCCCCCCCCCC)[C](=O)C=O. The molecule has 0 saturated carbocycles. The molecule has 50 heavy (non-hydrogen) atoms. The Balaban J connectivity index is 2.06. The molecule has 0 bridgehead atoms. The molecule has 12 heteroatoms. The summed E-state index contributed by atoms with van der Waals surface area (Å²) in [4.78, 5) is 23.4. The summed E-state index contributed by atoms with van der Waals surface area (Å²) < 4.78 is 75.5. The van der Waals surface area contributed by atoms with Crippen LogP contribution in [0, 0.1) is 0 Å². The summed E-state index contributed by atoms with van der Waals surface area (Å²) in [5, 5.41) is 0. The Morgan fingerprint density at radius 3 is 1.16 bits per heavy atom. The minimum absolute atomic E-state index is 0.345. The van der Waals surface area contributed by atoms with Crippen molar-refractivity contribution in [1.82, 2.24) is 0 Å². The minimum atomic E-state index is -6.77. The Morgan fingerprint density at radius 1 is 0.540 bits per heavy atom. The quantitative estimate of drug-likeness (QED) is 0.0329. The van der Waals surface area contributed by atoms with Crippen molar-refractivity contribution in [1.29, 1.82) is 0 Å². The van der Waals surface area contributed by atoms with Gasteiger partial charge in [0.2, 0.25) is 0 Å². The zero-order valence-corrected chi connectivity index (χ0v) is 33.4. The van der Waals surface area contributed by atoms with E-state index in [2.05, 4.69) is 13.8 Å². The number of rotatable bonds is 30. The van der Waals surface area contributed by atoms with Gasteiger partial charge in [-0.25, -0.2) is 0 Å². The fraction of sp³-hybridized carbons (Fsp3) is 0.632. The molecule has 9 nitrogen and oxygen atoms in total. The standard InChI is InChI=1S/2C18H30O3S.C2HO2.O.Ti/c2*1-2-3-4-5-6-7-8-9-10-11-14-17-15-12-13-16-18(17)22(19,20)21;3-1-2-4;;/h2*12-13,15-16H,2-11,14H2,1H3,(H,19,20,21);1H;;/q;;;;+2/p-2. The summed E-state index contributed by atoms with van der Waals surface area (Å²) in [5.41, 5.74) is 0.750. The van der Waals surface area contributed by atoms with E-state index in [1.54, 1.807) is 24.3 Å². The molecule has 0 aliphatic heterocycles. The molecule has 0 aliphatic rings. The Bertz CT molecular complexity index is 1450. The van der Waals surface area contributed by atoms with E-state index in [1.807, 2.05) is 0 Å². The predicted molar refractivity (Wildman–Crippen MR) is 192 cm³/mol. The maximum absolute atomic E-state index is 13.7. The van der Waals surface area contributed by atoms with Crippen LogP contribution in [-0.4, -0.2) is 27.2 Å². The molecule has 281 valence electrons. The number of hydrogen-bond acceptors (Lipinski definition) is 9. The number of carbonyl (C=O) groups is 2. The van der Waals surface area contributed by atoms with Crippen molar-refractivity contribution in [3.05, 3.63) is 59.7 Å². The molecule has 0 amide bonds. The molecule has 2 aromatic rings. The second-order valence-electron chi connectivity index (χ2n) is 13.2. The van der Waals surface area contributed by atoms with Gasteiger partial charge < -0.3 is 0 Å². The van der Waals surface area contributed by atoms with Gasteiger partial charge in [-0.1, -0.05) is 52.4 Å². The summed E-state index contributed by atoms with van der Waals surface area (Å²) in [6.07, 6.45) is 22.5. The van der Waals surface area contributed by atoms with Crippen LogP contribution in [0.2, 0.25) is 0 Å². The molecule has 0 aliphatic carbocycles. The number of hydrogen-bond donors (Lipinski definition) is 0. The number of benzene rings is 2. The molecule has 2 rings (SSSR count). The molecule has 0 fully saturated rings. The number of carbonyl (C=O) groups excluding carboxylic acids is 2. The van der Waals surface area contributed by atoms with E-state index < -0.39 is 47.9 Å². The van der Waals surface area contributed by atoms with Gasteiger partial charge in [-0.2, -0.15) is 0 Å². The van der Waals surface area contributed by atoms with Crippen molar-refractivity contribution in [3.8, 4) is 0 Å². The Kier molecular flexibility index (Phi) is 21.6. The molecule has 0 radical (unpaired) electrons. The fourth-order valence-corrected chi connectivity index (χ4v) is 13.5. The average Bonchev–Trinajstić information content (AvgIpc) is 3.09. The summed E-state index contributed by atoms with van der Waals surface area (Å²) in [6.45, 7) is 4.39. The van der Waals surface area contributed by atoms with Crippen LogP contribution in [0.15, 0.2) is 58.3 Å². The zero-order chi connectivity index (χ0) is 36.7. The van der Waals surface area contributed by atoms with Gasteiger partial charge in [0.15, 0.2) is 0 Å². The summed E-state index contributed by atoms with van der Waals surface area (Å²) in [5.74, 6) is 0. The molecule has 0 N–H and O–H groups in total. The molecule has 2 aromatic carbocycles. The number of aryl methyl sites for hydroxylation is 2. The first kappa shape index (κ1) is 44.3. The van der Waals surface area contributed by atoms with Crippen LogP contribution < -0.4 is 0 Å². The molecule has 0 atom stereocenters. The predicted octanol–water partition coefficient (Wildman–Crippen LogP) is 9.78. The first-order valence-electron chi connectivity index (χ1n) is 18.8. The number of aldehydes is 1. The summed E-state index contributed by atoms with van der Waals surface area (Å²) >= 11 is -6.77. The van der Waals surface area contributed by atoms with E-state index in [-0.39, 0.29) is 9.79 Å². The Hall–Kier alpha value is -1.89. The van der Waals surface area contributed by atoms with Crippen molar-refractivity contribution < 1.29 is 52.6 Å². The monoisotopic (exact) mass is 771 g/mol. The first-order chi connectivity index (χ1) is 24.0. The second-order valence-corrected chi connectivity index (χ2v) is 20.3. The van der Waals surface area contributed by atoms with Crippen molar-refractivity contribution in [2.24, 2.45) is 0 Å². The zero-order valence-electron chi connectivity index (χ0n) is 30.2. The van der Waals surface area contributed by atoms with Crippen LogP contribution >= 0.6 is 0 Å². The van der Waals surface area contributed by atoms with Gasteiger partial charge in [0.1, 0.15) is 0 Å². The van der Waals surface area contributed by atoms with Crippen molar-refractivity contribution in [2.45, 2.75) is 165 Å². The van der Waals surface area contributed by atoms with E-state index in [4.69, 9.17) is 5.53 Å². The van der Waals surface area contributed by atoms with E-state index in [1.165, 1.54) is 88.5 Å². The summed E-state index contributed by atoms with van der Waals surface area (Å²) in [7, 11) is -9.92. The second kappa shape index (κ2) is 24.4. The molecular formula is C38H59O9S2Ti. The van der Waals surface area contributed by atoms with Crippen molar-refractivity contribution in [3.63, 3.8) is 0 Å². The maximum atomic E-state index is 13.7. The van der Waals surface area contributed by atoms with Crippen LogP contribution in [0.3, 0.4) is 0 Å². The molecule has 0 heterocycles. The third-order valence-corrected chi connectivity index (χ3v) is 16.9. The molecule has 0 aromatic heterocycles. The third kappa shape index (κ3) is 16.2. The molecule has 0 unspecified atom stereocenters. The third-order valence-electron chi connectivity index (χ3n) is 8.93. The van der Waals surface area contributed by atoms with E-state index in [9.17, 15) is 29.7 Å². The van der Waals surface area contributed by atoms with Crippen LogP contribution in [0.4, 0.5) is 0 Å². The van der Waals surface area contributed by atoms with Gasteiger partial charge >= 0.3 is 255 Å². The topological polar surface area (TPSA) is 138 Å². The van der Waals surface area contributed by atoms with Crippen LogP contribution in [0.1, 0.15) is 153 Å². The van der Waals surface area contributed by atoms with E-state index >= 15 is 0 Å². The fourth-order valence-electron chi connectivity index (χ4n) is 6.06. The van der Waals surface area contributed by atoms with Crippen molar-refractivity contribution in [2.75, 3.05) is 0 Å². The van der Waals surface area contributed by atoms with Gasteiger partial charge in [0.25, 0.3) is 0 Å². The van der Waals surface area contributed by atoms with E-state index in [0.29, 0.717) is 36.8 Å². The van der Waals surface area contributed by atoms with E-state index in [0.717, 1.165) is 51.4 Å². The van der Waals surface area contributed by atoms with Gasteiger partial charge in [-0.3, -0.25) is 0 Å². The van der Waals surface area contributed by atoms with Gasteiger partial charge in [-0.15, -0.1) is 0 Å². The Labute approximate surface area is 306 Å². The average molecular weight is 772 g/mol. The Morgan fingerprint density at radius 2 is 0.840 bits per heavy atom. The number of unbranched alkanes of at least 4 members (excludes halogenated alkanes) is 18. The van der Waals surface area contributed by atoms with Gasteiger partial charge in [-0.05, 0) is 0 Å². The van der Waals surface area contributed by atoms with Gasteiger partial charge in [0, 0.05) is 0 Å². The van der Waals surface area contributed by atoms with Crippen molar-refractivity contribution >= 4 is 30.6 Å². The molecule has 0 saturated heterocycles. The van der Waals surface area contributed by atoms with Crippen LogP contribution in [-0.2, 0) is 68.9 Å². The molecular weight excluding hydrogens is 712 g/mol. The van der Waals surface area contributed by atoms with Crippen LogP contribution in [0.25, 0.3) is 0 Å². The normalized spacial score (nSPS) is 12.3. The molecule has 0 spiro atoms. The van der Waals surface area contributed by atoms with Gasteiger partial charge in [0.05, 0.1) is 0 Å². The van der Waals surface area contributed by atoms with Crippen LogP contribution in [0.5, 0.6) is 0 Å². The first-order valence-corrected chi connectivity index (χ1v) is 24.3.